The Morgan fingerprint density at radius 3 is 2.22 bits per heavy atom. The van der Waals surface area contributed by atoms with Crippen LogP contribution in [0.15, 0.2) is 60.7 Å². The Morgan fingerprint density at radius 2 is 1.57 bits per heavy atom. The first-order chi connectivity index (χ1) is 11.1. The second kappa shape index (κ2) is 8.58. The number of urea groups is 1. The lowest BCUT2D eigenvalue weighted by molar-refractivity contribution is -0.116. The van der Waals surface area contributed by atoms with Gasteiger partial charge in [-0.05, 0) is 17.7 Å². The lowest BCUT2D eigenvalue weighted by atomic mass is 10.2. The van der Waals surface area contributed by atoms with Crippen LogP contribution in [0, 0.1) is 0 Å². The SMILES string of the molecule is CN(Cc1ccccc1)C(=O)NCCC(=O)Nc1ccccc1. The van der Waals surface area contributed by atoms with Gasteiger partial charge in [0.25, 0.3) is 0 Å². The largest absolute Gasteiger partial charge is 0.337 e. The number of anilines is 1. The van der Waals surface area contributed by atoms with Gasteiger partial charge in [0.15, 0.2) is 0 Å². The van der Waals surface area contributed by atoms with Crippen molar-refractivity contribution in [1.29, 1.82) is 0 Å². The van der Waals surface area contributed by atoms with Gasteiger partial charge in [-0.1, -0.05) is 48.5 Å². The molecule has 5 nitrogen and oxygen atoms in total. The van der Waals surface area contributed by atoms with Crippen LogP contribution in [0.5, 0.6) is 0 Å². The molecular formula is C18H21N3O2. The van der Waals surface area contributed by atoms with E-state index >= 15 is 0 Å². The maximum Gasteiger partial charge on any atom is 0.317 e. The summed E-state index contributed by atoms with van der Waals surface area (Å²) in [6, 6.07) is 18.8. The number of nitrogens with one attached hydrogen (secondary N) is 2. The maximum absolute atomic E-state index is 12.0. The fourth-order valence-corrected chi connectivity index (χ4v) is 2.09. The molecule has 3 amide bonds. The molecule has 5 heteroatoms. The molecule has 0 bridgehead atoms. The molecule has 0 fully saturated rings. The Morgan fingerprint density at radius 1 is 0.957 bits per heavy atom. The van der Waals surface area contributed by atoms with Crippen LogP contribution in [0.4, 0.5) is 10.5 Å². The van der Waals surface area contributed by atoms with E-state index in [9.17, 15) is 9.59 Å². The van der Waals surface area contributed by atoms with Crippen LogP contribution in [0.2, 0.25) is 0 Å². The van der Waals surface area contributed by atoms with E-state index in [1.54, 1.807) is 11.9 Å². The summed E-state index contributed by atoms with van der Waals surface area (Å²) in [4.78, 5) is 25.3. The number of carbonyl (C=O) groups is 2. The molecule has 2 rings (SSSR count). The minimum atomic E-state index is -0.193. The van der Waals surface area contributed by atoms with Crippen LogP contribution in [-0.4, -0.2) is 30.4 Å². The highest BCUT2D eigenvalue weighted by atomic mass is 16.2. The Balaban J connectivity index is 1.69. The second-order valence-corrected chi connectivity index (χ2v) is 5.24. The van der Waals surface area contributed by atoms with E-state index in [4.69, 9.17) is 0 Å². The number of amides is 3. The summed E-state index contributed by atoms with van der Waals surface area (Å²) >= 11 is 0. The molecule has 0 radical (unpaired) electrons. The normalized spacial score (nSPS) is 9.96. The van der Waals surface area contributed by atoms with Crippen molar-refractivity contribution in [2.45, 2.75) is 13.0 Å². The summed E-state index contributed by atoms with van der Waals surface area (Å²) in [5, 5.41) is 5.53. The number of hydrogen-bond donors (Lipinski definition) is 2. The Bertz CT molecular complexity index is 629. The molecule has 0 aliphatic carbocycles. The Hall–Kier alpha value is -2.82. The van der Waals surface area contributed by atoms with Gasteiger partial charge in [-0.15, -0.1) is 0 Å². The van der Waals surface area contributed by atoms with Gasteiger partial charge in [0.05, 0.1) is 0 Å². The third kappa shape index (κ3) is 5.82. The minimum absolute atomic E-state index is 0.123. The standard InChI is InChI=1S/C18H21N3O2/c1-21(14-15-8-4-2-5-9-15)18(23)19-13-12-17(22)20-16-10-6-3-7-11-16/h2-11H,12-14H2,1H3,(H,19,23)(H,20,22). The smallest absolute Gasteiger partial charge is 0.317 e. The zero-order valence-corrected chi connectivity index (χ0v) is 13.2. The predicted molar refractivity (Wildman–Crippen MR) is 91.0 cm³/mol. The zero-order chi connectivity index (χ0) is 16.5. The second-order valence-electron chi connectivity index (χ2n) is 5.24. The average Bonchev–Trinajstić information content (AvgIpc) is 2.56. The number of nitrogens with zero attached hydrogens (tertiary/aromatic N) is 1. The molecule has 0 aliphatic heterocycles. The number of carbonyl (C=O) groups excluding carboxylic acids is 2. The molecule has 23 heavy (non-hydrogen) atoms. The van der Waals surface area contributed by atoms with Gasteiger partial charge >= 0.3 is 6.03 Å². The maximum atomic E-state index is 12.0. The quantitative estimate of drug-likeness (QED) is 0.861. The topological polar surface area (TPSA) is 61.4 Å². The van der Waals surface area contributed by atoms with Crippen molar-refractivity contribution < 1.29 is 9.59 Å². The van der Waals surface area contributed by atoms with Crippen LogP contribution in [0.1, 0.15) is 12.0 Å². The molecule has 2 aromatic carbocycles. The van der Waals surface area contributed by atoms with Crippen LogP contribution in [0.3, 0.4) is 0 Å². The van der Waals surface area contributed by atoms with Crippen LogP contribution < -0.4 is 10.6 Å². The van der Waals surface area contributed by atoms with Gasteiger partial charge < -0.3 is 15.5 Å². The molecule has 0 spiro atoms. The zero-order valence-electron chi connectivity index (χ0n) is 13.2. The van der Waals surface area contributed by atoms with Gasteiger partial charge in [-0.2, -0.15) is 0 Å². The highest BCUT2D eigenvalue weighted by Gasteiger charge is 2.09. The van der Waals surface area contributed by atoms with Crippen molar-refractivity contribution in [2.24, 2.45) is 0 Å². The van der Waals surface area contributed by atoms with Crippen molar-refractivity contribution in [3.8, 4) is 0 Å². The van der Waals surface area contributed by atoms with Gasteiger partial charge in [0, 0.05) is 32.2 Å². The summed E-state index contributed by atoms with van der Waals surface area (Å²) in [7, 11) is 1.73. The van der Waals surface area contributed by atoms with Gasteiger partial charge in [0.1, 0.15) is 0 Å². The Labute approximate surface area is 136 Å². The summed E-state index contributed by atoms with van der Waals surface area (Å²) in [6.45, 7) is 0.833. The van der Waals surface area contributed by atoms with Crippen molar-refractivity contribution in [2.75, 3.05) is 18.9 Å². The summed E-state index contributed by atoms with van der Waals surface area (Å²) < 4.78 is 0. The minimum Gasteiger partial charge on any atom is -0.337 e. The summed E-state index contributed by atoms with van der Waals surface area (Å²) in [5.74, 6) is -0.123. The average molecular weight is 311 g/mol. The first kappa shape index (κ1) is 16.5. The monoisotopic (exact) mass is 311 g/mol. The van der Waals surface area contributed by atoms with E-state index in [2.05, 4.69) is 10.6 Å². The fraction of sp³-hybridized carbons (Fsp3) is 0.222. The lowest BCUT2D eigenvalue weighted by Gasteiger charge is -2.18. The molecule has 0 saturated heterocycles. The van der Waals surface area contributed by atoms with Crippen molar-refractivity contribution >= 4 is 17.6 Å². The molecule has 2 N–H and O–H groups in total. The summed E-state index contributed by atoms with van der Waals surface area (Å²) in [5.41, 5.74) is 1.82. The van der Waals surface area contributed by atoms with E-state index in [-0.39, 0.29) is 18.4 Å². The third-order valence-corrected chi connectivity index (χ3v) is 3.30. The molecule has 0 saturated carbocycles. The van der Waals surface area contributed by atoms with Crippen LogP contribution in [0.25, 0.3) is 0 Å². The molecule has 0 aliphatic rings. The molecule has 0 heterocycles. The fourth-order valence-electron chi connectivity index (χ4n) is 2.09. The number of rotatable bonds is 6. The van der Waals surface area contributed by atoms with Crippen molar-refractivity contribution in [3.63, 3.8) is 0 Å². The molecule has 0 aromatic heterocycles. The number of hydrogen-bond acceptors (Lipinski definition) is 2. The number of para-hydroxylation sites is 1. The van der Waals surface area contributed by atoms with Crippen LogP contribution in [-0.2, 0) is 11.3 Å². The van der Waals surface area contributed by atoms with E-state index in [0.29, 0.717) is 13.1 Å². The lowest BCUT2D eigenvalue weighted by Crippen LogP contribution is -2.38. The number of benzene rings is 2. The summed E-state index contributed by atoms with van der Waals surface area (Å²) in [6.07, 6.45) is 0.236. The van der Waals surface area contributed by atoms with E-state index in [1.165, 1.54) is 0 Å². The molecule has 120 valence electrons. The van der Waals surface area contributed by atoms with E-state index < -0.39 is 0 Å². The Kier molecular flexibility index (Phi) is 6.17. The van der Waals surface area contributed by atoms with Gasteiger partial charge in [-0.25, -0.2) is 4.79 Å². The molecule has 2 aromatic rings. The van der Waals surface area contributed by atoms with Gasteiger partial charge in [0.2, 0.25) is 5.91 Å². The van der Waals surface area contributed by atoms with Gasteiger partial charge in [-0.3, -0.25) is 4.79 Å². The first-order valence-corrected chi connectivity index (χ1v) is 7.53. The third-order valence-electron chi connectivity index (χ3n) is 3.30. The van der Waals surface area contributed by atoms with Crippen molar-refractivity contribution in [3.05, 3.63) is 66.2 Å². The molecular weight excluding hydrogens is 290 g/mol. The van der Waals surface area contributed by atoms with Crippen LogP contribution >= 0.6 is 0 Å². The van der Waals surface area contributed by atoms with E-state index in [0.717, 1.165) is 11.3 Å². The molecule has 0 atom stereocenters. The highest BCUT2D eigenvalue weighted by Crippen LogP contribution is 2.05. The predicted octanol–water partition coefficient (Wildman–Crippen LogP) is 2.86. The molecule has 0 unspecified atom stereocenters. The highest BCUT2D eigenvalue weighted by molar-refractivity contribution is 5.91. The van der Waals surface area contributed by atoms with E-state index in [1.807, 2.05) is 60.7 Å². The van der Waals surface area contributed by atoms with Crippen molar-refractivity contribution in [1.82, 2.24) is 10.2 Å². The first-order valence-electron chi connectivity index (χ1n) is 7.53.